The maximum atomic E-state index is 15.7. The summed E-state index contributed by atoms with van der Waals surface area (Å²) in [6, 6.07) is 28.0. The number of nitrogens with zero attached hydrogens (tertiary/aromatic N) is 2. The third kappa shape index (κ3) is 4.38. The van der Waals surface area contributed by atoms with Gasteiger partial charge in [-0.05, 0) is 62.1 Å². The van der Waals surface area contributed by atoms with Gasteiger partial charge in [-0.15, -0.1) is 0 Å². The third-order valence-corrected chi connectivity index (χ3v) is 11.7. The Kier molecular flexibility index (Phi) is 7.48. The van der Waals surface area contributed by atoms with Gasteiger partial charge in [0.1, 0.15) is 13.5 Å². The van der Waals surface area contributed by atoms with Gasteiger partial charge in [0.25, 0.3) is 0 Å². The third-order valence-electron chi connectivity index (χ3n) is 8.13. The molecule has 190 valence electrons. The highest BCUT2D eigenvalue weighted by molar-refractivity contribution is 7.64. The Bertz CT molecular complexity index is 1070. The smallest absolute Gasteiger partial charge is 0.217 e. The molecule has 1 aliphatic carbocycles. The van der Waals surface area contributed by atoms with Crippen LogP contribution in [0.1, 0.15) is 74.1 Å². The van der Waals surface area contributed by atoms with E-state index in [4.69, 9.17) is 4.74 Å². The van der Waals surface area contributed by atoms with Crippen molar-refractivity contribution >= 4 is 7.79 Å². The summed E-state index contributed by atoms with van der Waals surface area (Å²) < 4.78 is 9.76. The van der Waals surface area contributed by atoms with Crippen molar-refractivity contribution in [1.82, 2.24) is 9.34 Å². The first-order chi connectivity index (χ1) is 17.5. The molecular weight excluding hydrogens is 467 g/mol. The summed E-state index contributed by atoms with van der Waals surface area (Å²) in [5.41, 5.74) is 2.91. The molecule has 1 N–H and O–H groups in total. The van der Waals surface area contributed by atoms with Gasteiger partial charge < -0.3 is 14.7 Å². The summed E-state index contributed by atoms with van der Waals surface area (Å²) in [5.74, 6) is -0.417. The Balaban J connectivity index is 1.65. The molecule has 0 radical (unpaired) electrons. The zero-order valence-electron chi connectivity index (χ0n) is 21.4. The van der Waals surface area contributed by atoms with E-state index in [1.165, 1.54) is 0 Å². The first kappa shape index (κ1) is 25.4. The minimum Gasteiger partial charge on any atom is -0.648 e. The molecule has 0 bridgehead atoms. The van der Waals surface area contributed by atoms with Crippen LogP contribution in [0, 0.1) is 0 Å². The number of ether oxygens (including phenoxy) is 1. The van der Waals surface area contributed by atoms with Gasteiger partial charge in [0, 0.05) is 5.56 Å². The topological polar surface area (TPSA) is 59.0 Å². The van der Waals surface area contributed by atoms with E-state index >= 15 is 4.89 Å². The second kappa shape index (κ2) is 10.6. The Morgan fingerprint density at radius 1 is 0.750 bits per heavy atom. The minimum atomic E-state index is -3.49. The summed E-state index contributed by atoms with van der Waals surface area (Å²) >= 11 is 0. The molecular formula is C30H37N2O3P. The molecule has 2 fully saturated rings. The fourth-order valence-electron chi connectivity index (χ4n) is 6.32. The van der Waals surface area contributed by atoms with Crippen molar-refractivity contribution in [3.05, 3.63) is 102 Å². The molecule has 0 unspecified atom stereocenters. The second-order valence-electron chi connectivity index (χ2n) is 10.1. The predicted molar refractivity (Wildman–Crippen MR) is 144 cm³/mol. The van der Waals surface area contributed by atoms with Crippen molar-refractivity contribution in [1.29, 1.82) is 0 Å². The molecule has 0 amide bonds. The number of rotatable bonds is 7. The molecule has 36 heavy (non-hydrogen) atoms. The van der Waals surface area contributed by atoms with E-state index in [0.29, 0.717) is 11.3 Å². The Morgan fingerprint density at radius 3 is 1.61 bits per heavy atom. The molecule has 0 aromatic heterocycles. The number of fused-ring (bicyclic) bond motifs is 1. The van der Waals surface area contributed by atoms with Crippen LogP contribution in [0.4, 0.5) is 0 Å². The second-order valence-corrected chi connectivity index (χ2v) is 12.7. The molecule has 1 aliphatic heterocycles. The zero-order chi connectivity index (χ0) is 25.3. The molecule has 1 saturated heterocycles. The van der Waals surface area contributed by atoms with E-state index in [-0.39, 0.29) is 24.2 Å². The number of benzene rings is 3. The fraction of sp³-hybridized carbons (Fsp3) is 0.400. The van der Waals surface area contributed by atoms with Crippen LogP contribution in [-0.2, 0) is 0 Å². The van der Waals surface area contributed by atoms with Crippen molar-refractivity contribution in [3.63, 3.8) is 0 Å². The van der Waals surface area contributed by atoms with Crippen molar-refractivity contribution in [2.45, 2.75) is 69.5 Å². The van der Waals surface area contributed by atoms with Gasteiger partial charge in [-0.2, -0.15) is 9.34 Å². The minimum absolute atomic E-state index is 0.0940. The molecule has 0 spiro atoms. The molecule has 5 atom stereocenters. The highest BCUT2D eigenvalue weighted by Crippen LogP contribution is 2.77. The van der Waals surface area contributed by atoms with Crippen LogP contribution < -0.4 is 9.63 Å². The van der Waals surface area contributed by atoms with Crippen LogP contribution >= 0.6 is 7.79 Å². The number of aliphatic hydroxyl groups is 1. The number of methoxy groups -OCH3 is 1. The number of hydrogen-bond donors (Lipinski definition) is 1. The first-order valence-electron chi connectivity index (χ1n) is 13.1. The maximum Gasteiger partial charge on any atom is 0.217 e. The van der Waals surface area contributed by atoms with Crippen LogP contribution in [-0.4, -0.2) is 33.6 Å². The van der Waals surface area contributed by atoms with E-state index in [9.17, 15) is 5.11 Å². The van der Waals surface area contributed by atoms with Gasteiger partial charge in [-0.25, -0.2) is 0 Å². The highest BCUT2D eigenvalue weighted by atomic mass is 31.2. The summed E-state index contributed by atoms with van der Waals surface area (Å²) in [5, 5.41) is 12.0. The average Bonchev–Trinajstić information content (AvgIpc) is 3.21. The number of aliphatic hydroxyl groups excluding tert-OH is 1. The van der Waals surface area contributed by atoms with Gasteiger partial charge in [-0.3, -0.25) is 0 Å². The van der Waals surface area contributed by atoms with Crippen molar-refractivity contribution in [2.24, 2.45) is 0 Å². The van der Waals surface area contributed by atoms with Gasteiger partial charge in [0.2, 0.25) is 5.85 Å². The van der Waals surface area contributed by atoms with E-state index in [0.717, 1.165) is 36.8 Å². The van der Waals surface area contributed by atoms with Gasteiger partial charge in [0.15, 0.2) is 0 Å². The maximum absolute atomic E-state index is 15.7. The van der Waals surface area contributed by atoms with Crippen molar-refractivity contribution < 1.29 is 14.7 Å². The Morgan fingerprint density at radius 2 is 1.19 bits per heavy atom. The van der Waals surface area contributed by atoms with E-state index in [1.54, 1.807) is 7.11 Å². The fourth-order valence-corrected chi connectivity index (χ4v) is 10.3. The molecule has 2 aliphatic rings. The van der Waals surface area contributed by atoms with E-state index in [1.807, 2.05) is 60.7 Å². The van der Waals surface area contributed by atoms with Crippen LogP contribution in [0.5, 0.6) is 5.75 Å². The van der Waals surface area contributed by atoms with Gasteiger partial charge in [-0.1, -0.05) is 73.5 Å². The monoisotopic (exact) mass is 504 g/mol. The van der Waals surface area contributed by atoms with Crippen LogP contribution in [0.25, 0.3) is 0 Å². The lowest BCUT2D eigenvalue weighted by atomic mass is 9.88. The standard InChI is InChI=1S/C30H37N2O3P/c1-22(24-12-6-4-7-13-24)31-28-16-10-11-17-29(28)32(23(2)25-14-8-5-9-15-25)36(31,34)30(33)26-18-20-27(35-3)21-19-26/h4-9,12-15,18-23,28-30,33H,10-11,16-17H2,1-3H3/t22-,23-,28+,29+,30+/m0/s1. The lowest BCUT2D eigenvalue weighted by Crippen LogP contribution is -2.41. The van der Waals surface area contributed by atoms with Crippen molar-refractivity contribution in [2.75, 3.05) is 7.11 Å². The molecule has 3 aromatic rings. The van der Waals surface area contributed by atoms with Crippen LogP contribution in [0.3, 0.4) is 0 Å². The van der Waals surface area contributed by atoms with Gasteiger partial charge in [0.05, 0.1) is 31.3 Å². The van der Waals surface area contributed by atoms with E-state index < -0.39 is 13.6 Å². The van der Waals surface area contributed by atoms with Crippen LogP contribution in [0.15, 0.2) is 84.9 Å². The predicted octanol–water partition coefficient (Wildman–Crippen LogP) is 6.26. The Hall–Kier alpha value is -2.27. The molecule has 1 saturated carbocycles. The average molecular weight is 505 g/mol. The lowest BCUT2D eigenvalue weighted by Gasteiger charge is -2.47. The molecule has 5 nitrogen and oxygen atoms in total. The molecule has 5 rings (SSSR count). The molecule has 1 heterocycles. The summed E-state index contributed by atoms with van der Waals surface area (Å²) in [6.07, 6.45) is 4.20. The Labute approximate surface area is 215 Å². The zero-order valence-corrected chi connectivity index (χ0v) is 22.3. The summed E-state index contributed by atoms with van der Waals surface area (Å²) in [7, 11) is -1.87. The summed E-state index contributed by atoms with van der Waals surface area (Å²) in [4.78, 5) is 15.7. The number of hydrogen-bond acceptors (Lipinski definition) is 5. The van der Waals surface area contributed by atoms with E-state index in [2.05, 4.69) is 47.5 Å². The largest absolute Gasteiger partial charge is 0.648 e. The summed E-state index contributed by atoms with van der Waals surface area (Å²) in [6.45, 7) is 4.29. The normalized spacial score (nSPS) is 24.6. The van der Waals surface area contributed by atoms with Gasteiger partial charge >= 0.3 is 0 Å². The highest BCUT2D eigenvalue weighted by Gasteiger charge is 2.65. The first-order valence-corrected chi connectivity index (χ1v) is 14.7. The molecule has 6 heteroatoms. The van der Waals surface area contributed by atoms with Crippen molar-refractivity contribution in [3.8, 4) is 5.75 Å². The van der Waals surface area contributed by atoms with Crippen LogP contribution in [0.2, 0.25) is 0 Å². The SMILES string of the molecule is COc1ccc([C@H](O)[P+]2([O-])N([C@@H](C)c3ccccc3)[C@@H]3CCCC[C@H]3N2[C@@H](C)c2ccccc2)cc1. The quantitative estimate of drug-likeness (QED) is 0.385. The lowest BCUT2D eigenvalue weighted by molar-refractivity contribution is -0.203. The molecule has 3 aromatic carbocycles.